The first-order valence-corrected chi connectivity index (χ1v) is 6.68. The van der Waals surface area contributed by atoms with E-state index in [1.807, 2.05) is 30.3 Å². The van der Waals surface area contributed by atoms with Crippen LogP contribution in [0.1, 0.15) is 11.3 Å². The number of aromatic nitrogens is 2. The predicted molar refractivity (Wildman–Crippen MR) is 79.8 cm³/mol. The van der Waals surface area contributed by atoms with Crippen LogP contribution in [-0.4, -0.2) is 17.3 Å². The molecule has 0 aliphatic rings. The molecule has 106 valence electrons. The second-order valence-electron chi connectivity index (χ2n) is 4.81. The van der Waals surface area contributed by atoms with Crippen molar-refractivity contribution < 1.29 is 9.13 Å². The van der Waals surface area contributed by atoms with Crippen LogP contribution in [0.25, 0.3) is 11.3 Å². The lowest BCUT2D eigenvalue weighted by Gasteiger charge is -2.00. The molecule has 3 aromatic rings. The predicted octanol–water partition coefficient (Wildman–Crippen LogP) is 3.82. The molecule has 1 N–H and O–H groups in total. The molecule has 4 heteroatoms. The number of hydrogen-bond acceptors (Lipinski definition) is 2. The molecule has 21 heavy (non-hydrogen) atoms. The molecule has 0 atom stereocenters. The molecule has 0 amide bonds. The Hall–Kier alpha value is -2.62. The molecule has 0 radical (unpaired) electrons. The molecule has 2 aromatic carbocycles. The summed E-state index contributed by atoms with van der Waals surface area (Å²) < 4.78 is 18.0. The van der Waals surface area contributed by atoms with Gasteiger partial charge in [-0.15, -0.1) is 0 Å². The van der Waals surface area contributed by atoms with E-state index in [0.717, 1.165) is 28.3 Å². The molecule has 0 aliphatic heterocycles. The first-order valence-electron chi connectivity index (χ1n) is 6.68. The number of halogens is 1. The summed E-state index contributed by atoms with van der Waals surface area (Å²) in [6, 6.07) is 16.3. The lowest BCUT2D eigenvalue weighted by molar-refractivity contribution is 0.415. The van der Waals surface area contributed by atoms with Crippen LogP contribution in [0, 0.1) is 5.82 Å². The van der Waals surface area contributed by atoms with Gasteiger partial charge in [-0.05, 0) is 48.0 Å². The van der Waals surface area contributed by atoms with E-state index in [2.05, 4.69) is 10.2 Å². The molecule has 0 bridgehead atoms. The molecule has 0 aliphatic carbocycles. The van der Waals surface area contributed by atoms with Crippen LogP contribution >= 0.6 is 0 Å². The van der Waals surface area contributed by atoms with Crippen molar-refractivity contribution in [1.29, 1.82) is 0 Å². The van der Waals surface area contributed by atoms with Crippen molar-refractivity contribution >= 4 is 0 Å². The summed E-state index contributed by atoms with van der Waals surface area (Å²) in [5, 5.41) is 7.34. The zero-order chi connectivity index (χ0) is 14.7. The van der Waals surface area contributed by atoms with Crippen molar-refractivity contribution in [2.45, 2.75) is 6.42 Å². The zero-order valence-corrected chi connectivity index (χ0v) is 11.6. The molecule has 1 aromatic heterocycles. The standard InChI is InChI=1S/C17H15FN2O/c1-21-16-8-4-13(5-9-16)17-11-15(19-20-17)10-12-2-6-14(18)7-3-12/h2-9,11H,10H2,1H3,(H,19,20). The Morgan fingerprint density at radius 1 is 1.05 bits per heavy atom. The molecule has 0 saturated heterocycles. The van der Waals surface area contributed by atoms with Gasteiger partial charge < -0.3 is 4.74 Å². The highest BCUT2D eigenvalue weighted by atomic mass is 19.1. The van der Waals surface area contributed by atoms with Crippen molar-refractivity contribution in [2.24, 2.45) is 0 Å². The van der Waals surface area contributed by atoms with Crippen LogP contribution in [-0.2, 0) is 6.42 Å². The van der Waals surface area contributed by atoms with E-state index in [4.69, 9.17) is 4.74 Å². The molecular weight excluding hydrogens is 267 g/mol. The number of nitrogens with one attached hydrogen (secondary N) is 1. The average Bonchev–Trinajstić information content (AvgIpc) is 2.98. The maximum absolute atomic E-state index is 12.9. The number of H-pyrrole nitrogens is 1. The Kier molecular flexibility index (Phi) is 3.69. The average molecular weight is 282 g/mol. The van der Waals surface area contributed by atoms with Crippen LogP contribution in [0.15, 0.2) is 54.6 Å². The molecule has 0 spiro atoms. The van der Waals surface area contributed by atoms with E-state index in [1.54, 1.807) is 19.2 Å². The van der Waals surface area contributed by atoms with Crippen molar-refractivity contribution in [3.05, 3.63) is 71.7 Å². The number of aromatic amines is 1. The van der Waals surface area contributed by atoms with Crippen LogP contribution in [0.2, 0.25) is 0 Å². The SMILES string of the molecule is COc1ccc(-c2cc(Cc3ccc(F)cc3)[nH]n2)cc1. The van der Waals surface area contributed by atoms with Crippen molar-refractivity contribution in [1.82, 2.24) is 10.2 Å². The summed E-state index contributed by atoms with van der Waals surface area (Å²) >= 11 is 0. The molecule has 0 unspecified atom stereocenters. The maximum Gasteiger partial charge on any atom is 0.123 e. The lowest BCUT2D eigenvalue weighted by atomic mass is 10.1. The summed E-state index contributed by atoms with van der Waals surface area (Å²) in [5.41, 5.74) is 3.95. The topological polar surface area (TPSA) is 37.9 Å². The minimum Gasteiger partial charge on any atom is -0.497 e. The number of methoxy groups -OCH3 is 1. The van der Waals surface area contributed by atoms with E-state index < -0.39 is 0 Å². The first kappa shape index (κ1) is 13.4. The van der Waals surface area contributed by atoms with E-state index in [9.17, 15) is 4.39 Å². The third-order valence-corrected chi connectivity index (χ3v) is 3.32. The van der Waals surface area contributed by atoms with Crippen LogP contribution in [0.3, 0.4) is 0 Å². The van der Waals surface area contributed by atoms with Gasteiger partial charge in [0.25, 0.3) is 0 Å². The summed E-state index contributed by atoms with van der Waals surface area (Å²) in [4.78, 5) is 0. The second kappa shape index (κ2) is 5.79. The Morgan fingerprint density at radius 2 is 1.76 bits per heavy atom. The quantitative estimate of drug-likeness (QED) is 0.790. The molecule has 1 heterocycles. The Bertz CT molecular complexity index is 717. The highest BCUT2D eigenvalue weighted by Crippen LogP contribution is 2.22. The van der Waals surface area contributed by atoms with Gasteiger partial charge in [-0.1, -0.05) is 12.1 Å². The van der Waals surface area contributed by atoms with Gasteiger partial charge in [0.05, 0.1) is 12.8 Å². The minimum absolute atomic E-state index is 0.220. The normalized spacial score (nSPS) is 10.6. The monoisotopic (exact) mass is 282 g/mol. The maximum atomic E-state index is 12.9. The van der Waals surface area contributed by atoms with Gasteiger partial charge in [0, 0.05) is 17.7 Å². The van der Waals surface area contributed by atoms with Gasteiger partial charge in [0.1, 0.15) is 11.6 Å². The molecule has 0 fully saturated rings. The summed E-state index contributed by atoms with van der Waals surface area (Å²) in [6.07, 6.45) is 0.698. The van der Waals surface area contributed by atoms with Crippen molar-refractivity contribution in [3.63, 3.8) is 0 Å². The first-order chi connectivity index (χ1) is 10.2. The highest BCUT2D eigenvalue weighted by molar-refractivity contribution is 5.60. The summed E-state index contributed by atoms with van der Waals surface area (Å²) in [7, 11) is 1.64. The van der Waals surface area contributed by atoms with Gasteiger partial charge in [0.2, 0.25) is 0 Å². The molecule has 3 nitrogen and oxygen atoms in total. The number of nitrogens with zero attached hydrogens (tertiary/aromatic N) is 1. The third-order valence-electron chi connectivity index (χ3n) is 3.32. The number of benzene rings is 2. The zero-order valence-electron chi connectivity index (χ0n) is 11.6. The van der Waals surface area contributed by atoms with Gasteiger partial charge in [-0.25, -0.2) is 4.39 Å². The molecule has 0 saturated carbocycles. The fraction of sp³-hybridized carbons (Fsp3) is 0.118. The van der Waals surface area contributed by atoms with Crippen LogP contribution < -0.4 is 4.74 Å². The number of hydrogen-bond donors (Lipinski definition) is 1. The van der Waals surface area contributed by atoms with E-state index in [0.29, 0.717) is 6.42 Å². The Balaban J connectivity index is 1.77. The minimum atomic E-state index is -0.220. The van der Waals surface area contributed by atoms with Gasteiger partial charge >= 0.3 is 0 Å². The van der Waals surface area contributed by atoms with Crippen molar-refractivity contribution in [2.75, 3.05) is 7.11 Å². The fourth-order valence-corrected chi connectivity index (χ4v) is 2.18. The van der Waals surface area contributed by atoms with Gasteiger partial charge in [-0.2, -0.15) is 5.10 Å². The van der Waals surface area contributed by atoms with Gasteiger partial charge in [0.15, 0.2) is 0 Å². The lowest BCUT2D eigenvalue weighted by Crippen LogP contribution is -1.88. The van der Waals surface area contributed by atoms with Crippen molar-refractivity contribution in [3.8, 4) is 17.0 Å². The highest BCUT2D eigenvalue weighted by Gasteiger charge is 2.05. The second-order valence-corrected chi connectivity index (χ2v) is 4.81. The fourth-order valence-electron chi connectivity index (χ4n) is 2.18. The van der Waals surface area contributed by atoms with E-state index in [1.165, 1.54) is 12.1 Å². The van der Waals surface area contributed by atoms with E-state index >= 15 is 0 Å². The number of ether oxygens (including phenoxy) is 1. The smallest absolute Gasteiger partial charge is 0.123 e. The molecule has 3 rings (SSSR count). The largest absolute Gasteiger partial charge is 0.497 e. The van der Waals surface area contributed by atoms with E-state index in [-0.39, 0.29) is 5.82 Å². The molecular formula is C17H15FN2O. The number of rotatable bonds is 4. The third kappa shape index (κ3) is 3.11. The summed E-state index contributed by atoms with van der Waals surface area (Å²) in [6.45, 7) is 0. The van der Waals surface area contributed by atoms with Crippen LogP contribution in [0.5, 0.6) is 5.75 Å². The Labute approximate surface area is 122 Å². The van der Waals surface area contributed by atoms with Gasteiger partial charge in [-0.3, -0.25) is 5.10 Å². The summed E-state index contributed by atoms with van der Waals surface area (Å²) in [5.74, 6) is 0.600. The van der Waals surface area contributed by atoms with Crippen LogP contribution in [0.4, 0.5) is 4.39 Å². The Morgan fingerprint density at radius 3 is 2.43 bits per heavy atom.